The minimum atomic E-state index is 0.748. The average molecular weight is 269 g/mol. The molecule has 1 heterocycles. The highest BCUT2D eigenvalue weighted by molar-refractivity contribution is 5.14. The molecule has 0 aliphatic heterocycles. The Labute approximate surface area is 121 Å². The molecule has 0 saturated carbocycles. The van der Waals surface area contributed by atoms with E-state index < -0.39 is 0 Å². The first-order chi connectivity index (χ1) is 9.88. The lowest BCUT2D eigenvalue weighted by molar-refractivity contribution is 0.267. The summed E-state index contributed by atoms with van der Waals surface area (Å²) in [5.74, 6) is 0. The zero-order valence-corrected chi connectivity index (χ0v) is 11.9. The van der Waals surface area contributed by atoms with Crippen LogP contribution in [0.25, 0.3) is 0 Å². The molecule has 2 aromatic rings. The third-order valence-electron chi connectivity index (χ3n) is 3.37. The predicted molar refractivity (Wildman–Crippen MR) is 83.3 cm³/mol. The summed E-state index contributed by atoms with van der Waals surface area (Å²) >= 11 is 0. The van der Waals surface area contributed by atoms with E-state index >= 15 is 0 Å². The van der Waals surface area contributed by atoms with Crippen molar-refractivity contribution in [3.8, 4) is 0 Å². The fourth-order valence-corrected chi connectivity index (χ4v) is 2.26. The molecular formula is C17H23N3. The number of nitrogens with two attached hydrogens (primary N) is 1. The van der Waals surface area contributed by atoms with Gasteiger partial charge in [-0.2, -0.15) is 0 Å². The van der Waals surface area contributed by atoms with Gasteiger partial charge < -0.3 is 5.73 Å². The molecule has 0 aliphatic carbocycles. The highest BCUT2D eigenvalue weighted by Crippen LogP contribution is 2.07. The van der Waals surface area contributed by atoms with Gasteiger partial charge in [0.05, 0.1) is 0 Å². The van der Waals surface area contributed by atoms with Crippen LogP contribution in [0.5, 0.6) is 0 Å². The first-order valence-corrected chi connectivity index (χ1v) is 7.24. The Balaban J connectivity index is 1.89. The van der Waals surface area contributed by atoms with Crippen LogP contribution in [0.15, 0.2) is 54.9 Å². The van der Waals surface area contributed by atoms with Crippen molar-refractivity contribution < 1.29 is 0 Å². The monoisotopic (exact) mass is 269 g/mol. The Hall–Kier alpha value is -1.71. The lowest BCUT2D eigenvalue weighted by Crippen LogP contribution is -2.28. The quantitative estimate of drug-likeness (QED) is 0.800. The van der Waals surface area contributed by atoms with E-state index in [-0.39, 0.29) is 0 Å². The fourth-order valence-electron chi connectivity index (χ4n) is 2.26. The molecule has 2 rings (SSSR count). The number of pyridine rings is 1. The molecule has 3 nitrogen and oxygen atoms in total. The van der Waals surface area contributed by atoms with Gasteiger partial charge in [0.1, 0.15) is 0 Å². The van der Waals surface area contributed by atoms with Crippen LogP contribution < -0.4 is 5.73 Å². The topological polar surface area (TPSA) is 42.1 Å². The van der Waals surface area contributed by atoms with E-state index in [1.807, 2.05) is 18.5 Å². The van der Waals surface area contributed by atoms with E-state index in [1.54, 1.807) is 0 Å². The summed E-state index contributed by atoms with van der Waals surface area (Å²) in [5.41, 5.74) is 8.29. The molecule has 20 heavy (non-hydrogen) atoms. The van der Waals surface area contributed by atoms with E-state index in [0.717, 1.165) is 39.0 Å². The van der Waals surface area contributed by atoms with Crippen LogP contribution >= 0.6 is 0 Å². The van der Waals surface area contributed by atoms with Crippen LogP contribution in [0.4, 0.5) is 0 Å². The largest absolute Gasteiger partial charge is 0.330 e. The maximum absolute atomic E-state index is 5.64. The number of rotatable bonds is 8. The van der Waals surface area contributed by atoms with Gasteiger partial charge in [0, 0.05) is 25.5 Å². The van der Waals surface area contributed by atoms with Crippen molar-refractivity contribution in [1.82, 2.24) is 9.88 Å². The van der Waals surface area contributed by atoms with Crippen LogP contribution in [-0.2, 0) is 13.0 Å². The van der Waals surface area contributed by atoms with Gasteiger partial charge in [0.25, 0.3) is 0 Å². The molecule has 0 radical (unpaired) electrons. The summed E-state index contributed by atoms with van der Waals surface area (Å²) in [5, 5.41) is 0. The molecule has 0 amide bonds. The average Bonchev–Trinajstić information content (AvgIpc) is 2.52. The number of aromatic nitrogens is 1. The first kappa shape index (κ1) is 14.7. The smallest absolute Gasteiger partial charge is 0.0300 e. The normalized spacial score (nSPS) is 10.9. The first-order valence-electron chi connectivity index (χ1n) is 7.24. The summed E-state index contributed by atoms with van der Waals surface area (Å²) in [6, 6.07) is 14.7. The zero-order chi connectivity index (χ0) is 14.0. The molecule has 0 spiro atoms. The van der Waals surface area contributed by atoms with Gasteiger partial charge in [-0.15, -0.1) is 0 Å². The Morgan fingerprint density at radius 3 is 2.45 bits per heavy atom. The summed E-state index contributed by atoms with van der Waals surface area (Å²) in [7, 11) is 0. The highest BCUT2D eigenvalue weighted by atomic mass is 15.1. The Bertz CT molecular complexity index is 470. The minimum absolute atomic E-state index is 0.748. The van der Waals surface area contributed by atoms with Crippen molar-refractivity contribution in [1.29, 1.82) is 0 Å². The second-order valence-electron chi connectivity index (χ2n) is 5.02. The molecule has 1 aromatic heterocycles. The molecule has 0 aliphatic rings. The van der Waals surface area contributed by atoms with Gasteiger partial charge in [-0.25, -0.2) is 0 Å². The molecule has 0 atom stereocenters. The van der Waals surface area contributed by atoms with Crippen molar-refractivity contribution >= 4 is 0 Å². The van der Waals surface area contributed by atoms with Crippen LogP contribution in [0, 0.1) is 0 Å². The van der Waals surface area contributed by atoms with E-state index in [1.165, 1.54) is 11.1 Å². The fraction of sp³-hybridized carbons (Fsp3) is 0.353. The zero-order valence-electron chi connectivity index (χ0n) is 11.9. The minimum Gasteiger partial charge on any atom is -0.330 e. The number of hydrogen-bond acceptors (Lipinski definition) is 3. The predicted octanol–water partition coefficient (Wildman–Crippen LogP) is 2.48. The Morgan fingerprint density at radius 2 is 1.75 bits per heavy atom. The third kappa shape index (κ3) is 5.11. The molecule has 0 unspecified atom stereocenters. The summed E-state index contributed by atoms with van der Waals surface area (Å²) in [6.45, 7) is 3.82. The Morgan fingerprint density at radius 1 is 0.950 bits per heavy atom. The number of benzene rings is 1. The van der Waals surface area contributed by atoms with E-state index in [2.05, 4.69) is 46.3 Å². The molecule has 0 saturated heterocycles. The molecule has 2 N–H and O–H groups in total. The summed E-state index contributed by atoms with van der Waals surface area (Å²) in [4.78, 5) is 6.64. The van der Waals surface area contributed by atoms with Crippen LogP contribution in [0.3, 0.4) is 0 Å². The van der Waals surface area contributed by atoms with Crippen molar-refractivity contribution in [2.45, 2.75) is 19.4 Å². The van der Waals surface area contributed by atoms with Crippen molar-refractivity contribution in [3.05, 3.63) is 66.0 Å². The number of hydrogen-bond donors (Lipinski definition) is 1. The second-order valence-corrected chi connectivity index (χ2v) is 5.02. The van der Waals surface area contributed by atoms with E-state index in [4.69, 9.17) is 5.73 Å². The summed E-state index contributed by atoms with van der Waals surface area (Å²) < 4.78 is 0. The van der Waals surface area contributed by atoms with Crippen LogP contribution in [0.1, 0.15) is 17.5 Å². The molecule has 3 heteroatoms. The van der Waals surface area contributed by atoms with Crippen molar-refractivity contribution in [2.75, 3.05) is 19.6 Å². The van der Waals surface area contributed by atoms with Gasteiger partial charge in [-0.3, -0.25) is 9.88 Å². The van der Waals surface area contributed by atoms with Gasteiger partial charge in [0.15, 0.2) is 0 Å². The van der Waals surface area contributed by atoms with Crippen LogP contribution in [0.2, 0.25) is 0 Å². The molecule has 1 aromatic carbocycles. The van der Waals surface area contributed by atoms with Crippen LogP contribution in [-0.4, -0.2) is 29.5 Å². The van der Waals surface area contributed by atoms with E-state index in [0.29, 0.717) is 0 Å². The van der Waals surface area contributed by atoms with Gasteiger partial charge in [-0.1, -0.05) is 36.4 Å². The maximum Gasteiger partial charge on any atom is 0.0300 e. The highest BCUT2D eigenvalue weighted by Gasteiger charge is 2.06. The molecule has 0 fully saturated rings. The second kappa shape index (κ2) is 8.46. The van der Waals surface area contributed by atoms with Gasteiger partial charge >= 0.3 is 0 Å². The van der Waals surface area contributed by atoms with Gasteiger partial charge in [-0.05, 0) is 43.1 Å². The lowest BCUT2D eigenvalue weighted by atomic mass is 10.1. The van der Waals surface area contributed by atoms with Crippen molar-refractivity contribution in [3.63, 3.8) is 0 Å². The number of nitrogens with zero attached hydrogens (tertiary/aromatic N) is 2. The standard InChI is InChI=1S/C17H23N3/c18-10-5-12-20(15-17-6-2-1-3-7-17)13-9-16-8-4-11-19-14-16/h1-4,6-8,11,14H,5,9-10,12-13,15,18H2. The van der Waals surface area contributed by atoms with E-state index in [9.17, 15) is 0 Å². The SMILES string of the molecule is NCCCN(CCc1cccnc1)Cc1ccccc1. The molecule has 0 bridgehead atoms. The molecular weight excluding hydrogens is 246 g/mol. The maximum atomic E-state index is 5.64. The van der Waals surface area contributed by atoms with Gasteiger partial charge in [0.2, 0.25) is 0 Å². The molecule has 106 valence electrons. The third-order valence-corrected chi connectivity index (χ3v) is 3.37. The van der Waals surface area contributed by atoms with Crippen molar-refractivity contribution in [2.24, 2.45) is 5.73 Å². The summed E-state index contributed by atoms with van der Waals surface area (Å²) in [6.07, 6.45) is 5.84. The Kier molecular flexibility index (Phi) is 6.21. The lowest BCUT2D eigenvalue weighted by Gasteiger charge is -2.22.